The van der Waals surface area contributed by atoms with E-state index >= 15 is 0 Å². The van der Waals surface area contributed by atoms with Crippen LogP contribution in [0.4, 0.5) is 10.1 Å². The topological polar surface area (TPSA) is 76.3 Å². The zero-order valence-electron chi connectivity index (χ0n) is 15.8. The maximum absolute atomic E-state index is 14.6. The molecule has 1 heterocycles. The van der Waals surface area contributed by atoms with Crippen LogP contribution in [0, 0.1) is 15.9 Å². The van der Waals surface area contributed by atoms with Gasteiger partial charge < -0.3 is 4.90 Å². The van der Waals surface area contributed by atoms with Crippen molar-refractivity contribution >= 4 is 22.4 Å². The lowest BCUT2D eigenvalue weighted by molar-refractivity contribution is -0.384. The largest absolute Gasteiger partial charge is 0.338 e. The van der Waals surface area contributed by atoms with E-state index in [1.807, 2.05) is 19.9 Å². The van der Waals surface area contributed by atoms with Crippen LogP contribution >= 0.6 is 0 Å². The summed E-state index contributed by atoms with van der Waals surface area (Å²) in [6.07, 6.45) is 0.780. The first-order valence-corrected chi connectivity index (χ1v) is 8.94. The Labute approximate surface area is 161 Å². The molecule has 0 aliphatic rings. The molecule has 6 nitrogen and oxygen atoms in total. The molecule has 0 aliphatic heterocycles. The van der Waals surface area contributed by atoms with Gasteiger partial charge in [-0.25, -0.2) is 9.37 Å². The molecule has 0 saturated heterocycles. The number of benzene rings is 2. The molecule has 0 aliphatic carbocycles. The molecule has 2 aromatic carbocycles. The molecule has 3 rings (SSSR count). The molecule has 0 N–H and O–H groups in total. The van der Waals surface area contributed by atoms with Crippen LogP contribution in [-0.2, 0) is 0 Å². The number of hydrogen-bond donors (Lipinski definition) is 0. The molecule has 0 spiro atoms. The molecule has 3 aromatic rings. The number of fused-ring (bicyclic) bond motifs is 1. The van der Waals surface area contributed by atoms with E-state index in [0.717, 1.165) is 24.6 Å². The van der Waals surface area contributed by atoms with Crippen molar-refractivity contribution < 1.29 is 14.1 Å². The van der Waals surface area contributed by atoms with Crippen molar-refractivity contribution in [2.45, 2.75) is 26.3 Å². The molecule has 28 heavy (non-hydrogen) atoms. The van der Waals surface area contributed by atoms with Gasteiger partial charge >= 0.3 is 0 Å². The zero-order chi connectivity index (χ0) is 20.4. The molecule has 0 radical (unpaired) electrons. The molecule has 0 fully saturated rings. The first-order chi connectivity index (χ1) is 13.3. The first kappa shape index (κ1) is 19.4. The predicted molar refractivity (Wildman–Crippen MR) is 106 cm³/mol. The summed E-state index contributed by atoms with van der Waals surface area (Å²) in [6.45, 7) is 3.91. The summed E-state index contributed by atoms with van der Waals surface area (Å²) in [5, 5.41) is 12.5. The molecule has 0 saturated carbocycles. The Hall–Kier alpha value is -3.35. The average Bonchev–Trinajstić information content (AvgIpc) is 2.71. The van der Waals surface area contributed by atoms with Crippen LogP contribution in [0.2, 0.25) is 0 Å². The zero-order valence-corrected chi connectivity index (χ0v) is 15.8. The van der Waals surface area contributed by atoms with Gasteiger partial charge in [-0.1, -0.05) is 31.2 Å². The summed E-state index contributed by atoms with van der Waals surface area (Å²) in [5.41, 5.74) is 0.129. The SMILES string of the molecule is CCC(C)N(C)C(=O)c1cc2ccccc2c(-c2cc([N+](=O)[O-])ccc2F)n1. The van der Waals surface area contributed by atoms with Gasteiger partial charge in [-0.3, -0.25) is 14.9 Å². The van der Waals surface area contributed by atoms with E-state index in [0.29, 0.717) is 10.8 Å². The standard InChI is InChI=1S/C21H20FN3O3/c1-4-13(2)24(3)21(26)19-11-14-7-5-6-8-16(14)20(23-19)17-12-15(25(27)28)9-10-18(17)22/h5-13H,4H2,1-3H3. The second-order valence-electron chi connectivity index (χ2n) is 6.67. The van der Waals surface area contributed by atoms with Crippen molar-refractivity contribution in [2.75, 3.05) is 7.05 Å². The van der Waals surface area contributed by atoms with E-state index in [4.69, 9.17) is 0 Å². The fourth-order valence-corrected chi connectivity index (χ4v) is 2.98. The molecule has 1 aromatic heterocycles. The van der Waals surface area contributed by atoms with Gasteiger partial charge in [-0.05, 0) is 30.9 Å². The van der Waals surface area contributed by atoms with Crippen LogP contribution in [0.3, 0.4) is 0 Å². The van der Waals surface area contributed by atoms with Crippen molar-refractivity contribution in [3.05, 3.63) is 70.2 Å². The lowest BCUT2D eigenvalue weighted by Gasteiger charge is -2.24. The number of non-ortho nitro benzene ring substituents is 1. The second-order valence-corrected chi connectivity index (χ2v) is 6.67. The number of carbonyl (C=O) groups is 1. The minimum absolute atomic E-state index is 0.00811. The van der Waals surface area contributed by atoms with Crippen molar-refractivity contribution in [3.63, 3.8) is 0 Å². The average molecular weight is 381 g/mol. The van der Waals surface area contributed by atoms with Crippen LogP contribution in [0.25, 0.3) is 22.0 Å². The summed E-state index contributed by atoms with van der Waals surface area (Å²) >= 11 is 0. The predicted octanol–water partition coefficient (Wildman–Crippen LogP) is 4.82. The number of pyridine rings is 1. The number of amides is 1. The highest BCUT2D eigenvalue weighted by molar-refractivity contribution is 6.01. The molecule has 1 amide bonds. The van der Waals surface area contributed by atoms with Crippen molar-refractivity contribution in [2.24, 2.45) is 0 Å². The summed E-state index contributed by atoms with van der Waals surface area (Å²) in [7, 11) is 1.70. The van der Waals surface area contributed by atoms with Crippen LogP contribution in [0.15, 0.2) is 48.5 Å². The molecule has 7 heteroatoms. The summed E-state index contributed by atoms with van der Waals surface area (Å²) < 4.78 is 14.6. The smallest absolute Gasteiger partial charge is 0.272 e. The quantitative estimate of drug-likeness (QED) is 0.469. The maximum atomic E-state index is 14.6. The third-order valence-corrected chi connectivity index (χ3v) is 4.95. The lowest BCUT2D eigenvalue weighted by atomic mass is 10.0. The highest BCUT2D eigenvalue weighted by Crippen LogP contribution is 2.32. The van der Waals surface area contributed by atoms with E-state index in [1.165, 1.54) is 0 Å². The number of halogens is 1. The van der Waals surface area contributed by atoms with E-state index in [2.05, 4.69) is 4.98 Å². The molecule has 1 unspecified atom stereocenters. The third-order valence-electron chi connectivity index (χ3n) is 4.95. The lowest BCUT2D eigenvalue weighted by Crippen LogP contribution is -2.35. The Morgan fingerprint density at radius 3 is 2.64 bits per heavy atom. The van der Waals surface area contributed by atoms with Gasteiger partial charge in [0, 0.05) is 36.2 Å². The monoisotopic (exact) mass is 381 g/mol. The van der Waals surface area contributed by atoms with Crippen LogP contribution in [0.1, 0.15) is 30.8 Å². The minimum atomic E-state index is -0.636. The maximum Gasteiger partial charge on any atom is 0.272 e. The van der Waals surface area contributed by atoms with Gasteiger partial charge in [0.2, 0.25) is 0 Å². The van der Waals surface area contributed by atoms with E-state index in [1.54, 1.807) is 36.2 Å². The number of carbonyl (C=O) groups excluding carboxylic acids is 1. The number of rotatable bonds is 5. The van der Waals surface area contributed by atoms with Crippen molar-refractivity contribution in [1.29, 1.82) is 0 Å². The van der Waals surface area contributed by atoms with E-state index in [-0.39, 0.29) is 34.6 Å². The van der Waals surface area contributed by atoms with Gasteiger partial charge in [-0.2, -0.15) is 0 Å². The number of nitrogens with zero attached hydrogens (tertiary/aromatic N) is 3. The normalized spacial score (nSPS) is 12.0. The highest BCUT2D eigenvalue weighted by Gasteiger charge is 2.22. The summed E-state index contributed by atoms with van der Waals surface area (Å²) in [6, 6.07) is 12.1. The molecular formula is C21H20FN3O3. The van der Waals surface area contributed by atoms with Crippen LogP contribution in [0.5, 0.6) is 0 Å². The van der Waals surface area contributed by atoms with Gasteiger partial charge in [0.25, 0.3) is 11.6 Å². The Balaban J connectivity index is 2.24. The fourth-order valence-electron chi connectivity index (χ4n) is 2.98. The molecule has 144 valence electrons. The van der Waals surface area contributed by atoms with Gasteiger partial charge in [0.15, 0.2) is 0 Å². The van der Waals surface area contributed by atoms with E-state index < -0.39 is 10.7 Å². The van der Waals surface area contributed by atoms with Gasteiger partial charge in [-0.15, -0.1) is 0 Å². The third kappa shape index (κ3) is 3.55. The summed E-state index contributed by atoms with van der Waals surface area (Å²) in [5.74, 6) is -0.921. The first-order valence-electron chi connectivity index (χ1n) is 8.94. The van der Waals surface area contributed by atoms with Crippen LogP contribution < -0.4 is 0 Å². The Morgan fingerprint density at radius 1 is 1.25 bits per heavy atom. The molecule has 0 bridgehead atoms. The van der Waals surface area contributed by atoms with E-state index in [9.17, 15) is 19.3 Å². The molecular weight excluding hydrogens is 361 g/mol. The highest BCUT2D eigenvalue weighted by atomic mass is 19.1. The van der Waals surface area contributed by atoms with Gasteiger partial charge in [0.05, 0.1) is 10.6 Å². The fraction of sp³-hybridized carbons (Fsp3) is 0.238. The van der Waals surface area contributed by atoms with Crippen molar-refractivity contribution in [3.8, 4) is 11.3 Å². The number of aromatic nitrogens is 1. The number of nitro groups is 1. The van der Waals surface area contributed by atoms with Gasteiger partial charge in [0.1, 0.15) is 11.5 Å². The molecule has 1 atom stereocenters. The Morgan fingerprint density at radius 2 is 1.96 bits per heavy atom. The Bertz CT molecular complexity index is 1070. The van der Waals surface area contributed by atoms with Crippen LogP contribution in [-0.4, -0.2) is 33.8 Å². The number of nitro benzene ring substituents is 1. The second kappa shape index (κ2) is 7.72. The summed E-state index contributed by atoms with van der Waals surface area (Å²) in [4.78, 5) is 29.4. The number of hydrogen-bond acceptors (Lipinski definition) is 4. The minimum Gasteiger partial charge on any atom is -0.338 e. The van der Waals surface area contributed by atoms with Crippen molar-refractivity contribution in [1.82, 2.24) is 9.88 Å². The Kier molecular flexibility index (Phi) is 5.35.